The van der Waals surface area contributed by atoms with Crippen LogP contribution in [0.5, 0.6) is 5.75 Å². The summed E-state index contributed by atoms with van der Waals surface area (Å²) in [5.74, 6) is 0.121. The topological polar surface area (TPSA) is 66.6 Å². The van der Waals surface area contributed by atoms with Gasteiger partial charge in [0.2, 0.25) is 0 Å². The highest BCUT2D eigenvalue weighted by Gasteiger charge is 2.24. The lowest BCUT2D eigenvalue weighted by molar-refractivity contribution is 0.251. The lowest BCUT2D eigenvalue weighted by atomic mass is 10.1. The molecule has 5 heteroatoms. The number of para-hydroxylation sites is 1. The van der Waals surface area contributed by atoms with Gasteiger partial charge in [0.05, 0.1) is 10.6 Å². The molecule has 3 N–H and O–H groups in total. The number of nitrogens with zero attached hydrogens (tertiary/aromatic N) is 1. The largest absolute Gasteiger partial charge is 0.505 e. The fraction of sp³-hybridized carbons (Fsp3) is 0.462. The molecule has 0 saturated carbocycles. The fourth-order valence-electron chi connectivity index (χ4n) is 2.02. The predicted octanol–water partition coefficient (Wildman–Crippen LogP) is 3.19. The minimum atomic E-state index is -0.530. The molecule has 0 aliphatic rings. The molecular weight excluding hydrogens is 248 g/mol. The molecule has 0 aromatic heterocycles. The van der Waals surface area contributed by atoms with Gasteiger partial charge in [-0.05, 0) is 31.2 Å². The van der Waals surface area contributed by atoms with Crippen molar-refractivity contribution in [3.05, 3.63) is 18.2 Å². The molecule has 0 fully saturated rings. The highest BCUT2D eigenvalue weighted by molar-refractivity contribution is 7.98. The van der Waals surface area contributed by atoms with E-state index in [1.54, 1.807) is 6.07 Å². The summed E-state index contributed by atoms with van der Waals surface area (Å²) in [6.07, 6.45) is 3.47. The van der Waals surface area contributed by atoms with E-state index < -0.39 is 6.03 Å². The number of anilines is 1. The molecule has 18 heavy (non-hydrogen) atoms. The number of benzene rings is 1. The number of carbonyl (C=O) groups is 1. The zero-order valence-corrected chi connectivity index (χ0v) is 11.8. The van der Waals surface area contributed by atoms with Crippen molar-refractivity contribution in [3.63, 3.8) is 0 Å². The van der Waals surface area contributed by atoms with Crippen LogP contribution < -0.4 is 10.6 Å². The lowest BCUT2D eigenvalue weighted by Gasteiger charge is -2.29. The van der Waals surface area contributed by atoms with Gasteiger partial charge in [0.25, 0.3) is 0 Å². The maximum Gasteiger partial charge on any atom is 0.319 e. The van der Waals surface area contributed by atoms with E-state index >= 15 is 0 Å². The number of primary amides is 1. The molecule has 1 aromatic carbocycles. The van der Waals surface area contributed by atoms with Gasteiger partial charge in [-0.2, -0.15) is 0 Å². The Bertz CT molecular complexity index is 419. The minimum Gasteiger partial charge on any atom is -0.505 e. The number of phenols is 1. The van der Waals surface area contributed by atoms with Gasteiger partial charge >= 0.3 is 6.03 Å². The summed E-state index contributed by atoms with van der Waals surface area (Å²) in [4.78, 5) is 13.9. The Balaban J connectivity index is 3.26. The molecule has 0 unspecified atom stereocenters. The number of hydrogen-bond donors (Lipinski definition) is 2. The second kappa shape index (κ2) is 6.54. The van der Waals surface area contributed by atoms with Crippen LogP contribution in [0.1, 0.15) is 26.7 Å². The number of hydrogen-bond acceptors (Lipinski definition) is 3. The molecule has 0 spiro atoms. The average molecular weight is 268 g/mol. The second-order valence-electron chi connectivity index (χ2n) is 4.01. The van der Waals surface area contributed by atoms with Crippen molar-refractivity contribution in [2.45, 2.75) is 37.6 Å². The van der Waals surface area contributed by atoms with Gasteiger partial charge in [-0.1, -0.05) is 19.9 Å². The number of aromatic hydroxyl groups is 1. The van der Waals surface area contributed by atoms with Gasteiger partial charge in [-0.25, -0.2) is 4.79 Å². The summed E-state index contributed by atoms with van der Waals surface area (Å²) >= 11 is 1.44. The van der Waals surface area contributed by atoms with Gasteiger partial charge in [0.15, 0.2) is 5.75 Å². The molecule has 0 radical (unpaired) electrons. The number of phenolic OH excluding ortho intramolecular Hbond substituents is 1. The summed E-state index contributed by atoms with van der Waals surface area (Å²) in [6.45, 7) is 4.00. The number of carbonyl (C=O) groups excluding carboxylic acids is 1. The van der Waals surface area contributed by atoms with Gasteiger partial charge in [0, 0.05) is 6.04 Å². The first kappa shape index (κ1) is 14.7. The van der Waals surface area contributed by atoms with Crippen LogP contribution in [0.15, 0.2) is 23.1 Å². The van der Waals surface area contributed by atoms with E-state index in [0.29, 0.717) is 5.69 Å². The van der Waals surface area contributed by atoms with Crippen LogP contribution in [-0.2, 0) is 0 Å². The summed E-state index contributed by atoms with van der Waals surface area (Å²) < 4.78 is 0. The van der Waals surface area contributed by atoms with Crippen LogP contribution >= 0.6 is 11.8 Å². The Morgan fingerprint density at radius 3 is 2.50 bits per heavy atom. The Hall–Kier alpha value is -1.36. The van der Waals surface area contributed by atoms with Crippen molar-refractivity contribution in [1.29, 1.82) is 0 Å². The molecule has 100 valence electrons. The standard InChI is InChI=1S/C13H20N2O2S/c1-4-9(5-2)15(13(14)17)10-7-6-8-11(18-3)12(10)16/h6-9,16H,4-5H2,1-3H3,(H2,14,17). The third-order valence-corrected chi connectivity index (χ3v) is 3.77. The third-order valence-electron chi connectivity index (χ3n) is 3.00. The molecular formula is C13H20N2O2S. The zero-order chi connectivity index (χ0) is 13.7. The molecule has 4 nitrogen and oxygen atoms in total. The maximum absolute atomic E-state index is 11.6. The van der Waals surface area contributed by atoms with Crippen LogP contribution in [0.3, 0.4) is 0 Å². The normalized spacial score (nSPS) is 10.7. The molecule has 1 aromatic rings. The lowest BCUT2D eigenvalue weighted by Crippen LogP contribution is -2.43. The second-order valence-corrected chi connectivity index (χ2v) is 4.85. The van der Waals surface area contributed by atoms with E-state index in [1.807, 2.05) is 32.2 Å². The summed E-state index contributed by atoms with van der Waals surface area (Å²) in [5, 5.41) is 10.2. The smallest absolute Gasteiger partial charge is 0.319 e. The average Bonchev–Trinajstić information content (AvgIpc) is 2.36. The quantitative estimate of drug-likeness (QED) is 0.806. The Morgan fingerprint density at radius 2 is 2.06 bits per heavy atom. The van der Waals surface area contributed by atoms with E-state index in [2.05, 4.69) is 0 Å². The first-order valence-corrected chi connectivity index (χ1v) is 7.23. The van der Waals surface area contributed by atoms with Gasteiger partial charge in [-0.15, -0.1) is 11.8 Å². The highest BCUT2D eigenvalue weighted by Crippen LogP contribution is 2.37. The summed E-state index contributed by atoms with van der Waals surface area (Å²) in [7, 11) is 0. The van der Waals surface area contributed by atoms with Crippen LogP contribution in [0.4, 0.5) is 10.5 Å². The molecule has 1 rings (SSSR count). The first-order valence-electron chi connectivity index (χ1n) is 6.01. The van der Waals surface area contributed by atoms with E-state index in [0.717, 1.165) is 17.7 Å². The molecule has 2 amide bonds. The maximum atomic E-state index is 11.6. The van der Waals surface area contributed by atoms with Crippen molar-refractivity contribution in [1.82, 2.24) is 0 Å². The van der Waals surface area contributed by atoms with Crippen molar-refractivity contribution in [3.8, 4) is 5.75 Å². The highest BCUT2D eigenvalue weighted by atomic mass is 32.2. The minimum absolute atomic E-state index is 0.00510. The van der Waals surface area contributed by atoms with E-state index in [1.165, 1.54) is 16.7 Å². The zero-order valence-electron chi connectivity index (χ0n) is 11.0. The monoisotopic (exact) mass is 268 g/mol. The van der Waals surface area contributed by atoms with Gasteiger partial charge in [0.1, 0.15) is 0 Å². The molecule has 0 bridgehead atoms. The Labute approximate surface area is 112 Å². The van der Waals surface area contributed by atoms with Crippen molar-refractivity contribution in [2.75, 3.05) is 11.2 Å². The fourth-order valence-corrected chi connectivity index (χ4v) is 2.53. The number of rotatable bonds is 5. The van der Waals surface area contributed by atoms with Gasteiger partial charge in [-0.3, -0.25) is 4.90 Å². The van der Waals surface area contributed by atoms with E-state index in [4.69, 9.17) is 5.73 Å². The van der Waals surface area contributed by atoms with Crippen LogP contribution in [0.2, 0.25) is 0 Å². The number of urea groups is 1. The molecule has 0 saturated heterocycles. The number of thioether (sulfide) groups is 1. The SMILES string of the molecule is CCC(CC)N(C(N)=O)c1cccc(SC)c1O. The van der Waals surface area contributed by atoms with E-state index in [9.17, 15) is 9.90 Å². The number of amides is 2. The Kier molecular flexibility index (Phi) is 5.34. The van der Waals surface area contributed by atoms with Crippen LogP contribution in [0, 0.1) is 0 Å². The molecule has 0 aliphatic heterocycles. The molecule has 0 aliphatic carbocycles. The predicted molar refractivity (Wildman–Crippen MR) is 76.3 cm³/mol. The first-order chi connectivity index (χ1) is 8.56. The number of nitrogens with two attached hydrogens (primary N) is 1. The van der Waals surface area contributed by atoms with Crippen LogP contribution in [-0.4, -0.2) is 23.4 Å². The molecule has 0 atom stereocenters. The summed E-state index contributed by atoms with van der Waals surface area (Å²) in [5.41, 5.74) is 5.94. The molecule has 0 heterocycles. The van der Waals surface area contributed by atoms with Crippen molar-refractivity contribution in [2.24, 2.45) is 5.73 Å². The van der Waals surface area contributed by atoms with Crippen LogP contribution in [0.25, 0.3) is 0 Å². The van der Waals surface area contributed by atoms with E-state index in [-0.39, 0.29) is 11.8 Å². The summed E-state index contributed by atoms with van der Waals surface area (Å²) in [6, 6.07) is 4.83. The Morgan fingerprint density at radius 1 is 1.44 bits per heavy atom. The van der Waals surface area contributed by atoms with Crippen molar-refractivity contribution >= 4 is 23.5 Å². The van der Waals surface area contributed by atoms with Crippen molar-refractivity contribution < 1.29 is 9.90 Å². The van der Waals surface area contributed by atoms with Gasteiger partial charge < -0.3 is 10.8 Å². The third kappa shape index (κ3) is 2.90.